The van der Waals surface area contributed by atoms with E-state index in [0.29, 0.717) is 12.8 Å². The summed E-state index contributed by atoms with van der Waals surface area (Å²) in [5.41, 5.74) is 7.25. The van der Waals surface area contributed by atoms with Gasteiger partial charge >= 0.3 is 10.1 Å². The molecule has 0 heterocycles. The Balaban J connectivity index is 1.95. The Hall–Kier alpha value is -2.60. The molecule has 0 aliphatic heterocycles. The van der Waals surface area contributed by atoms with Crippen LogP contribution in [0.4, 0.5) is 0 Å². The SMILES string of the molecule is NC(=O)c1ccccc1OS(=O)(=O)C1=Cc2ccccc2CC1. The number of carbonyl (C=O) groups excluding carboxylic acids is 1. The van der Waals surface area contributed by atoms with Crippen molar-refractivity contribution in [2.45, 2.75) is 12.8 Å². The summed E-state index contributed by atoms with van der Waals surface area (Å²) in [5.74, 6) is -0.793. The number of nitrogens with two attached hydrogens (primary N) is 1. The number of rotatable bonds is 4. The lowest BCUT2D eigenvalue weighted by atomic mass is 9.98. The van der Waals surface area contributed by atoms with E-state index in [4.69, 9.17) is 9.92 Å². The molecule has 0 aromatic heterocycles. The molecule has 0 radical (unpaired) electrons. The van der Waals surface area contributed by atoms with Crippen molar-refractivity contribution < 1.29 is 17.4 Å². The van der Waals surface area contributed by atoms with E-state index >= 15 is 0 Å². The van der Waals surface area contributed by atoms with Crippen LogP contribution in [0.5, 0.6) is 5.75 Å². The first-order chi connectivity index (χ1) is 11.0. The standard InChI is InChI=1S/C17H15NO4S/c18-17(19)15-7-3-4-8-16(15)22-23(20,21)14-10-9-12-5-1-2-6-13(12)11-14/h1-8,11H,9-10H2,(H2,18,19). The van der Waals surface area contributed by atoms with Crippen LogP contribution in [0.1, 0.15) is 27.9 Å². The molecule has 2 N–H and O–H groups in total. The van der Waals surface area contributed by atoms with Crippen molar-refractivity contribution in [3.05, 3.63) is 70.1 Å². The number of hydrogen-bond acceptors (Lipinski definition) is 4. The fourth-order valence-corrected chi connectivity index (χ4v) is 3.63. The number of amides is 1. The number of primary amides is 1. The van der Waals surface area contributed by atoms with Crippen LogP contribution < -0.4 is 9.92 Å². The smallest absolute Gasteiger partial charge is 0.335 e. The molecular formula is C17H15NO4S. The lowest BCUT2D eigenvalue weighted by Gasteiger charge is -2.17. The minimum Gasteiger partial charge on any atom is -0.378 e. The molecule has 5 nitrogen and oxygen atoms in total. The van der Waals surface area contributed by atoms with Crippen molar-refractivity contribution in [2.24, 2.45) is 5.73 Å². The van der Waals surface area contributed by atoms with Crippen molar-refractivity contribution in [2.75, 3.05) is 0 Å². The van der Waals surface area contributed by atoms with Crippen molar-refractivity contribution in [1.29, 1.82) is 0 Å². The molecule has 1 aliphatic rings. The van der Waals surface area contributed by atoms with Crippen LogP contribution in [-0.2, 0) is 16.5 Å². The number of aryl methyl sites for hydroxylation is 1. The van der Waals surface area contributed by atoms with E-state index in [1.165, 1.54) is 12.1 Å². The van der Waals surface area contributed by atoms with Crippen molar-refractivity contribution in [1.82, 2.24) is 0 Å². The molecule has 3 rings (SSSR count). The molecule has 6 heteroatoms. The van der Waals surface area contributed by atoms with Gasteiger partial charge in [0.25, 0.3) is 5.91 Å². The number of benzene rings is 2. The zero-order valence-corrected chi connectivity index (χ0v) is 13.0. The summed E-state index contributed by atoms with van der Waals surface area (Å²) < 4.78 is 30.1. The summed E-state index contributed by atoms with van der Waals surface area (Å²) in [6.07, 6.45) is 2.60. The largest absolute Gasteiger partial charge is 0.378 e. The summed E-state index contributed by atoms with van der Waals surface area (Å²) in [5, 5.41) is 0. The summed E-state index contributed by atoms with van der Waals surface area (Å²) >= 11 is 0. The average molecular weight is 329 g/mol. The molecule has 0 fully saturated rings. The molecule has 1 amide bonds. The zero-order chi connectivity index (χ0) is 16.4. The molecule has 0 saturated heterocycles. The highest BCUT2D eigenvalue weighted by Gasteiger charge is 2.25. The molecule has 0 atom stereocenters. The maximum absolute atomic E-state index is 12.5. The van der Waals surface area contributed by atoms with Crippen LogP contribution in [0.2, 0.25) is 0 Å². The Labute approximate surface area is 134 Å². The van der Waals surface area contributed by atoms with Crippen LogP contribution in [0, 0.1) is 0 Å². The first-order valence-electron chi connectivity index (χ1n) is 7.09. The molecule has 0 unspecified atom stereocenters. The van der Waals surface area contributed by atoms with Crippen molar-refractivity contribution in [3.63, 3.8) is 0 Å². The minimum absolute atomic E-state index is 0.0351. The third-order valence-corrected chi connectivity index (χ3v) is 5.05. The molecule has 0 bridgehead atoms. The summed E-state index contributed by atoms with van der Waals surface area (Å²) in [6, 6.07) is 13.6. The Bertz CT molecular complexity index is 900. The zero-order valence-electron chi connectivity index (χ0n) is 12.2. The molecule has 23 heavy (non-hydrogen) atoms. The van der Waals surface area contributed by atoms with Gasteiger partial charge in [-0.15, -0.1) is 0 Å². The second kappa shape index (κ2) is 5.89. The summed E-state index contributed by atoms with van der Waals surface area (Å²) in [4.78, 5) is 11.6. The van der Waals surface area contributed by atoms with Gasteiger partial charge in [-0.2, -0.15) is 8.42 Å². The summed E-state index contributed by atoms with van der Waals surface area (Å²) in [6.45, 7) is 0. The van der Waals surface area contributed by atoms with Gasteiger partial charge in [0.2, 0.25) is 0 Å². The molecule has 0 spiro atoms. The first kappa shape index (κ1) is 15.3. The highest BCUT2D eigenvalue weighted by molar-refractivity contribution is 7.91. The lowest BCUT2D eigenvalue weighted by Crippen LogP contribution is -2.18. The topological polar surface area (TPSA) is 86.5 Å². The number of hydrogen-bond donors (Lipinski definition) is 1. The monoisotopic (exact) mass is 329 g/mol. The number of fused-ring (bicyclic) bond motifs is 1. The first-order valence-corrected chi connectivity index (χ1v) is 8.50. The maximum Gasteiger partial charge on any atom is 0.335 e. The van der Waals surface area contributed by atoms with Crippen molar-refractivity contribution in [3.8, 4) is 5.75 Å². The summed E-state index contributed by atoms with van der Waals surface area (Å²) in [7, 11) is -3.98. The Morgan fingerprint density at radius 1 is 1.00 bits per heavy atom. The van der Waals surface area contributed by atoms with Gasteiger partial charge in [0.1, 0.15) is 0 Å². The van der Waals surface area contributed by atoms with E-state index in [9.17, 15) is 13.2 Å². The van der Waals surface area contributed by atoms with Crippen LogP contribution in [0.3, 0.4) is 0 Å². The Morgan fingerprint density at radius 3 is 2.48 bits per heavy atom. The van der Waals surface area contributed by atoms with Gasteiger partial charge in [0, 0.05) is 0 Å². The number of para-hydroxylation sites is 1. The normalized spacial score (nSPS) is 13.8. The van der Waals surface area contributed by atoms with Gasteiger partial charge in [0.05, 0.1) is 10.5 Å². The molecular weight excluding hydrogens is 314 g/mol. The van der Waals surface area contributed by atoms with E-state index in [1.807, 2.05) is 24.3 Å². The Morgan fingerprint density at radius 2 is 1.70 bits per heavy atom. The van der Waals surface area contributed by atoms with Gasteiger partial charge in [0.15, 0.2) is 5.75 Å². The van der Waals surface area contributed by atoms with Gasteiger partial charge < -0.3 is 9.92 Å². The van der Waals surface area contributed by atoms with Crippen molar-refractivity contribution >= 4 is 22.1 Å². The quantitative estimate of drug-likeness (QED) is 0.873. The van der Waals surface area contributed by atoms with E-state index in [2.05, 4.69) is 0 Å². The predicted octanol–water partition coefficient (Wildman–Crippen LogP) is 2.48. The van der Waals surface area contributed by atoms with E-state index in [0.717, 1.165) is 11.1 Å². The highest BCUT2D eigenvalue weighted by Crippen LogP contribution is 2.29. The van der Waals surface area contributed by atoms with Crippen LogP contribution in [0.25, 0.3) is 6.08 Å². The third kappa shape index (κ3) is 3.12. The molecule has 1 aliphatic carbocycles. The average Bonchev–Trinajstić information content (AvgIpc) is 2.54. The van der Waals surface area contributed by atoms with Gasteiger partial charge in [-0.1, -0.05) is 36.4 Å². The fraction of sp³-hybridized carbons (Fsp3) is 0.118. The third-order valence-electron chi connectivity index (χ3n) is 3.69. The number of carbonyl (C=O) groups is 1. The van der Waals surface area contributed by atoms with Crippen LogP contribution in [-0.4, -0.2) is 14.3 Å². The molecule has 0 saturated carbocycles. The van der Waals surface area contributed by atoms with Gasteiger partial charge in [-0.25, -0.2) is 0 Å². The molecule has 2 aromatic carbocycles. The molecule has 118 valence electrons. The Kier molecular flexibility index (Phi) is 3.92. The fourth-order valence-electron chi connectivity index (χ4n) is 2.52. The van der Waals surface area contributed by atoms with E-state index in [-0.39, 0.29) is 16.2 Å². The van der Waals surface area contributed by atoms with Gasteiger partial charge in [-0.3, -0.25) is 4.79 Å². The van der Waals surface area contributed by atoms with E-state index in [1.54, 1.807) is 18.2 Å². The van der Waals surface area contributed by atoms with E-state index < -0.39 is 16.0 Å². The van der Waals surface area contributed by atoms with Gasteiger partial charge in [-0.05, 0) is 42.2 Å². The van der Waals surface area contributed by atoms with Crippen LogP contribution in [0.15, 0.2) is 53.4 Å². The molecule has 2 aromatic rings. The second-order valence-electron chi connectivity index (χ2n) is 5.21. The predicted molar refractivity (Wildman–Crippen MR) is 87.2 cm³/mol. The van der Waals surface area contributed by atoms with Crippen LogP contribution >= 0.6 is 0 Å². The maximum atomic E-state index is 12.5. The second-order valence-corrected chi connectivity index (χ2v) is 6.81. The minimum atomic E-state index is -3.98. The number of allylic oxidation sites excluding steroid dienone is 1. The highest BCUT2D eigenvalue weighted by atomic mass is 32.2. The lowest BCUT2D eigenvalue weighted by molar-refractivity contribution is 0.0999.